The van der Waals surface area contributed by atoms with E-state index >= 15 is 0 Å². The number of benzene rings is 1. The molecule has 1 aromatic carbocycles. The SMILES string of the molecule is COC(=O)c1cccc(CN2CC[C@@]34OCCN3C(=O)C[C@@H]24)c1. The second-order valence-electron chi connectivity index (χ2n) is 6.37. The number of hydrogen-bond acceptors (Lipinski definition) is 5. The van der Waals surface area contributed by atoms with E-state index in [0.29, 0.717) is 31.7 Å². The van der Waals surface area contributed by atoms with Crippen molar-refractivity contribution in [2.45, 2.75) is 31.2 Å². The van der Waals surface area contributed by atoms with Crippen LogP contribution in [0.2, 0.25) is 0 Å². The van der Waals surface area contributed by atoms with E-state index in [9.17, 15) is 9.59 Å². The Morgan fingerprint density at radius 2 is 2.30 bits per heavy atom. The summed E-state index contributed by atoms with van der Waals surface area (Å²) in [7, 11) is 1.38. The van der Waals surface area contributed by atoms with E-state index < -0.39 is 5.72 Å². The molecule has 4 rings (SSSR count). The largest absolute Gasteiger partial charge is 0.465 e. The number of hydrogen-bond donors (Lipinski definition) is 0. The molecule has 3 aliphatic heterocycles. The van der Waals surface area contributed by atoms with Gasteiger partial charge in [0.25, 0.3) is 0 Å². The zero-order valence-corrected chi connectivity index (χ0v) is 13.2. The first-order valence-corrected chi connectivity index (χ1v) is 8.00. The first kappa shape index (κ1) is 14.7. The molecule has 0 aromatic heterocycles. The molecule has 23 heavy (non-hydrogen) atoms. The van der Waals surface area contributed by atoms with Crippen molar-refractivity contribution < 1.29 is 19.1 Å². The number of carbonyl (C=O) groups is 2. The number of nitrogens with zero attached hydrogens (tertiary/aromatic N) is 2. The molecule has 3 aliphatic rings. The van der Waals surface area contributed by atoms with Crippen molar-refractivity contribution in [3.8, 4) is 0 Å². The maximum atomic E-state index is 12.2. The molecule has 0 N–H and O–H groups in total. The summed E-state index contributed by atoms with van der Waals surface area (Å²) in [4.78, 5) is 28.1. The molecule has 3 heterocycles. The lowest BCUT2D eigenvalue weighted by molar-refractivity contribution is -0.136. The Hall–Kier alpha value is -1.92. The van der Waals surface area contributed by atoms with Gasteiger partial charge in [-0.15, -0.1) is 0 Å². The minimum absolute atomic E-state index is 0.110. The van der Waals surface area contributed by atoms with Crippen LogP contribution in [0, 0.1) is 0 Å². The molecule has 0 radical (unpaired) electrons. The average Bonchev–Trinajstić information content (AvgIpc) is 3.20. The predicted molar refractivity (Wildman–Crippen MR) is 81.6 cm³/mol. The van der Waals surface area contributed by atoms with Crippen molar-refractivity contribution in [2.24, 2.45) is 0 Å². The van der Waals surface area contributed by atoms with E-state index in [1.807, 2.05) is 23.1 Å². The first-order chi connectivity index (χ1) is 11.1. The summed E-state index contributed by atoms with van der Waals surface area (Å²) < 4.78 is 10.8. The van der Waals surface area contributed by atoms with Gasteiger partial charge in [0.15, 0.2) is 5.72 Å². The van der Waals surface area contributed by atoms with Gasteiger partial charge in [0, 0.05) is 32.5 Å². The molecule has 0 aliphatic carbocycles. The summed E-state index contributed by atoms with van der Waals surface area (Å²) in [6.45, 7) is 2.95. The highest BCUT2D eigenvalue weighted by atomic mass is 16.5. The normalized spacial score (nSPS) is 29.7. The molecule has 0 saturated carbocycles. The lowest BCUT2D eigenvalue weighted by Crippen LogP contribution is -2.47. The van der Waals surface area contributed by atoms with Gasteiger partial charge < -0.3 is 14.4 Å². The monoisotopic (exact) mass is 316 g/mol. The quantitative estimate of drug-likeness (QED) is 0.779. The Labute approximate surface area is 134 Å². The molecular weight excluding hydrogens is 296 g/mol. The predicted octanol–water partition coefficient (Wildman–Crippen LogP) is 1.01. The van der Waals surface area contributed by atoms with Gasteiger partial charge in [0.2, 0.25) is 5.91 Å². The topological polar surface area (TPSA) is 59.1 Å². The fraction of sp³-hybridized carbons (Fsp3) is 0.529. The molecule has 1 aromatic rings. The fourth-order valence-corrected chi connectivity index (χ4v) is 4.21. The molecule has 6 heteroatoms. The van der Waals surface area contributed by atoms with E-state index in [1.165, 1.54) is 7.11 Å². The number of carbonyl (C=O) groups excluding carboxylic acids is 2. The Bertz CT molecular complexity index is 662. The molecule has 2 atom stereocenters. The maximum absolute atomic E-state index is 12.2. The van der Waals surface area contributed by atoms with Crippen LogP contribution in [0.15, 0.2) is 24.3 Å². The summed E-state index contributed by atoms with van der Waals surface area (Å²) in [5.41, 5.74) is 1.20. The highest BCUT2D eigenvalue weighted by molar-refractivity contribution is 5.89. The van der Waals surface area contributed by atoms with Crippen LogP contribution in [0.25, 0.3) is 0 Å². The van der Waals surface area contributed by atoms with Gasteiger partial charge in [-0.25, -0.2) is 4.79 Å². The van der Waals surface area contributed by atoms with Crippen LogP contribution in [-0.4, -0.2) is 60.2 Å². The Kier molecular flexibility index (Phi) is 3.39. The second kappa shape index (κ2) is 5.32. The average molecular weight is 316 g/mol. The van der Waals surface area contributed by atoms with Crippen LogP contribution in [0.1, 0.15) is 28.8 Å². The van der Waals surface area contributed by atoms with Gasteiger partial charge in [-0.2, -0.15) is 0 Å². The zero-order valence-electron chi connectivity index (χ0n) is 13.2. The van der Waals surface area contributed by atoms with Crippen molar-refractivity contribution in [2.75, 3.05) is 26.8 Å². The molecule has 1 amide bonds. The van der Waals surface area contributed by atoms with Crippen molar-refractivity contribution in [1.29, 1.82) is 0 Å². The van der Waals surface area contributed by atoms with Crippen LogP contribution in [0.3, 0.4) is 0 Å². The number of methoxy groups -OCH3 is 1. The molecule has 6 nitrogen and oxygen atoms in total. The summed E-state index contributed by atoms with van der Waals surface area (Å²) in [6.07, 6.45) is 1.39. The standard InChI is InChI=1S/C17H20N2O4/c1-22-16(21)13-4-2-3-12(9-13)11-18-6-5-17-14(18)10-15(20)19(17)7-8-23-17/h2-4,9,14H,5-8,10-11H2,1H3/t14-,17+/m1/s1. The fourth-order valence-electron chi connectivity index (χ4n) is 4.21. The molecule has 0 unspecified atom stereocenters. The second-order valence-corrected chi connectivity index (χ2v) is 6.37. The van der Waals surface area contributed by atoms with Gasteiger partial charge in [0.05, 0.1) is 25.3 Å². The van der Waals surface area contributed by atoms with E-state index in [0.717, 1.165) is 18.5 Å². The third kappa shape index (κ3) is 2.16. The Morgan fingerprint density at radius 1 is 1.43 bits per heavy atom. The maximum Gasteiger partial charge on any atom is 0.337 e. The summed E-state index contributed by atoms with van der Waals surface area (Å²) in [5.74, 6) is -0.133. The zero-order chi connectivity index (χ0) is 16.0. The van der Waals surface area contributed by atoms with Crippen LogP contribution >= 0.6 is 0 Å². The molecule has 1 spiro atoms. The molecular formula is C17H20N2O4. The van der Waals surface area contributed by atoms with Crippen molar-refractivity contribution in [3.63, 3.8) is 0 Å². The molecule has 3 saturated heterocycles. The third-order valence-corrected chi connectivity index (χ3v) is 5.25. The van der Waals surface area contributed by atoms with Crippen LogP contribution in [0.4, 0.5) is 0 Å². The molecule has 0 bridgehead atoms. The van der Waals surface area contributed by atoms with Crippen LogP contribution in [-0.2, 0) is 20.8 Å². The molecule has 122 valence electrons. The van der Waals surface area contributed by atoms with Gasteiger partial charge in [-0.05, 0) is 17.7 Å². The van der Waals surface area contributed by atoms with Gasteiger partial charge in [-0.1, -0.05) is 12.1 Å². The number of amides is 1. The number of esters is 1. The van der Waals surface area contributed by atoms with E-state index in [2.05, 4.69) is 4.90 Å². The van der Waals surface area contributed by atoms with Crippen molar-refractivity contribution >= 4 is 11.9 Å². The lowest BCUT2D eigenvalue weighted by atomic mass is 10.1. The van der Waals surface area contributed by atoms with E-state index in [4.69, 9.17) is 9.47 Å². The highest BCUT2D eigenvalue weighted by Crippen LogP contribution is 2.45. The van der Waals surface area contributed by atoms with Gasteiger partial charge in [0.1, 0.15) is 0 Å². The first-order valence-electron chi connectivity index (χ1n) is 8.00. The summed E-state index contributed by atoms with van der Waals surface area (Å²) in [6, 6.07) is 7.59. The smallest absolute Gasteiger partial charge is 0.337 e. The van der Waals surface area contributed by atoms with E-state index in [1.54, 1.807) is 6.07 Å². The minimum atomic E-state index is -0.406. The summed E-state index contributed by atoms with van der Waals surface area (Å²) in [5, 5.41) is 0. The van der Waals surface area contributed by atoms with Crippen LogP contribution < -0.4 is 0 Å². The Balaban J connectivity index is 1.54. The van der Waals surface area contributed by atoms with Gasteiger partial charge >= 0.3 is 5.97 Å². The van der Waals surface area contributed by atoms with Gasteiger partial charge in [-0.3, -0.25) is 9.69 Å². The van der Waals surface area contributed by atoms with E-state index in [-0.39, 0.29) is 17.9 Å². The highest BCUT2D eigenvalue weighted by Gasteiger charge is 2.61. The third-order valence-electron chi connectivity index (χ3n) is 5.25. The lowest BCUT2D eigenvalue weighted by Gasteiger charge is -2.31. The van der Waals surface area contributed by atoms with Crippen LogP contribution in [0.5, 0.6) is 0 Å². The summed E-state index contributed by atoms with van der Waals surface area (Å²) >= 11 is 0. The van der Waals surface area contributed by atoms with Crippen molar-refractivity contribution in [3.05, 3.63) is 35.4 Å². The number of rotatable bonds is 3. The Morgan fingerprint density at radius 3 is 3.13 bits per heavy atom. The number of likely N-dealkylation sites (tertiary alicyclic amines) is 1. The molecule has 3 fully saturated rings. The van der Waals surface area contributed by atoms with Crippen molar-refractivity contribution in [1.82, 2.24) is 9.80 Å². The number of ether oxygens (including phenoxy) is 2. The minimum Gasteiger partial charge on any atom is -0.465 e.